The summed E-state index contributed by atoms with van der Waals surface area (Å²) < 4.78 is 42.7. The lowest BCUT2D eigenvalue weighted by Gasteiger charge is -2.20. The van der Waals surface area contributed by atoms with Gasteiger partial charge in [0, 0.05) is 11.6 Å². The number of carbonyl (C=O) groups excluding carboxylic acids is 1. The summed E-state index contributed by atoms with van der Waals surface area (Å²) in [6.45, 7) is -0.122. The number of nitrogens with zero attached hydrogens (tertiary/aromatic N) is 3. The zero-order valence-corrected chi connectivity index (χ0v) is 16.1. The molecular formula is C22H17F3N4O2. The molecule has 0 radical (unpaired) electrons. The minimum absolute atomic E-state index is 0.122. The van der Waals surface area contributed by atoms with Gasteiger partial charge in [0.15, 0.2) is 0 Å². The lowest BCUT2D eigenvalue weighted by atomic mass is 10.1. The number of anilines is 1. The lowest BCUT2D eigenvalue weighted by molar-refractivity contribution is -0.204. The fraction of sp³-hybridized carbons (Fsp3) is 0.182. The van der Waals surface area contributed by atoms with Crippen molar-refractivity contribution in [1.29, 1.82) is 5.26 Å². The Labute approximate surface area is 176 Å². The van der Waals surface area contributed by atoms with Gasteiger partial charge in [-0.1, -0.05) is 54.6 Å². The molecule has 0 aliphatic rings. The summed E-state index contributed by atoms with van der Waals surface area (Å²) in [5.41, 5.74) is 2.66. The molecule has 0 aliphatic carbocycles. The van der Waals surface area contributed by atoms with Crippen LogP contribution in [-0.2, 0) is 16.0 Å². The Balaban J connectivity index is 1.75. The van der Waals surface area contributed by atoms with Gasteiger partial charge in [0.2, 0.25) is 0 Å². The maximum atomic E-state index is 12.7. The highest BCUT2D eigenvalue weighted by molar-refractivity contribution is 5.76. The van der Waals surface area contributed by atoms with E-state index in [1.54, 1.807) is 36.4 Å². The number of nitriles is 1. The number of hydrogen-bond donors (Lipinski definition) is 1. The summed E-state index contributed by atoms with van der Waals surface area (Å²) >= 11 is 0. The van der Waals surface area contributed by atoms with Crippen molar-refractivity contribution in [3.05, 3.63) is 78.1 Å². The zero-order chi connectivity index (χ0) is 22.3. The van der Waals surface area contributed by atoms with Gasteiger partial charge < -0.3 is 10.1 Å². The van der Waals surface area contributed by atoms with E-state index in [9.17, 15) is 18.0 Å². The van der Waals surface area contributed by atoms with Crippen LogP contribution in [0, 0.1) is 11.3 Å². The Hall–Kier alpha value is -3.93. The summed E-state index contributed by atoms with van der Waals surface area (Å²) in [6.07, 6.45) is -4.64. The van der Waals surface area contributed by atoms with Crippen molar-refractivity contribution in [1.82, 2.24) is 9.97 Å². The Morgan fingerprint density at radius 1 is 1.10 bits per heavy atom. The van der Waals surface area contributed by atoms with Gasteiger partial charge in [0.25, 0.3) is 0 Å². The van der Waals surface area contributed by atoms with Gasteiger partial charge >= 0.3 is 12.1 Å². The van der Waals surface area contributed by atoms with E-state index in [1.165, 1.54) is 6.33 Å². The third kappa shape index (κ3) is 6.02. The molecular weight excluding hydrogens is 409 g/mol. The number of alkyl halides is 3. The number of rotatable bonds is 7. The molecule has 0 saturated heterocycles. The van der Waals surface area contributed by atoms with Crippen LogP contribution in [0.3, 0.4) is 0 Å². The van der Waals surface area contributed by atoms with Crippen LogP contribution in [0.4, 0.5) is 19.0 Å². The van der Waals surface area contributed by atoms with E-state index in [4.69, 9.17) is 5.26 Å². The lowest BCUT2D eigenvalue weighted by Crippen LogP contribution is -2.29. The van der Waals surface area contributed by atoms with Crippen LogP contribution in [-0.4, -0.2) is 28.7 Å². The number of halogens is 3. The maximum Gasteiger partial charge on any atom is 0.490 e. The van der Waals surface area contributed by atoms with Crippen molar-refractivity contribution < 1.29 is 22.7 Å². The van der Waals surface area contributed by atoms with Gasteiger partial charge in [0.1, 0.15) is 18.2 Å². The Morgan fingerprint density at radius 3 is 2.45 bits per heavy atom. The van der Waals surface area contributed by atoms with E-state index in [0.29, 0.717) is 23.5 Å². The smallest absolute Gasteiger partial charge is 0.449 e. The fourth-order valence-corrected chi connectivity index (χ4v) is 2.79. The molecule has 3 rings (SSSR count). The topological polar surface area (TPSA) is 87.9 Å². The number of carbonyl (C=O) groups is 1. The second kappa shape index (κ2) is 9.71. The number of esters is 1. The first-order chi connectivity index (χ1) is 14.9. The van der Waals surface area contributed by atoms with Gasteiger partial charge in [-0.2, -0.15) is 18.4 Å². The zero-order valence-electron chi connectivity index (χ0n) is 16.1. The molecule has 3 aromatic rings. The monoisotopic (exact) mass is 426 g/mol. The number of benzene rings is 2. The molecule has 0 unspecified atom stereocenters. The molecule has 9 heteroatoms. The molecule has 0 spiro atoms. The van der Waals surface area contributed by atoms with E-state index in [2.05, 4.69) is 26.1 Å². The average Bonchev–Trinajstić information content (AvgIpc) is 2.77. The minimum Gasteiger partial charge on any atom is -0.449 e. The first-order valence-corrected chi connectivity index (χ1v) is 9.22. The number of nitrogens with one attached hydrogen (secondary N) is 1. The van der Waals surface area contributed by atoms with E-state index in [0.717, 1.165) is 11.1 Å². The van der Waals surface area contributed by atoms with Gasteiger partial charge in [0.05, 0.1) is 24.7 Å². The first-order valence-electron chi connectivity index (χ1n) is 9.22. The number of aromatic nitrogens is 2. The average molecular weight is 426 g/mol. The molecule has 6 nitrogen and oxygen atoms in total. The highest BCUT2D eigenvalue weighted by Gasteiger charge is 2.42. The maximum absolute atomic E-state index is 12.7. The van der Waals surface area contributed by atoms with Crippen molar-refractivity contribution in [2.75, 3.05) is 11.9 Å². The Bertz CT molecular complexity index is 1060. The van der Waals surface area contributed by atoms with E-state index < -0.39 is 18.2 Å². The van der Waals surface area contributed by atoms with Gasteiger partial charge in [-0.15, -0.1) is 0 Å². The van der Waals surface area contributed by atoms with Crippen LogP contribution >= 0.6 is 0 Å². The predicted molar refractivity (Wildman–Crippen MR) is 107 cm³/mol. The SMILES string of the molecule is N#CCc1ccc(-c2cc(NC[C@@H](OC(=O)C(F)(F)F)c3ccccc3)ncn2)cc1. The van der Waals surface area contributed by atoms with Crippen molar-refractivity contribution in [2.24, 2.45) is 0 Å². The Kier molecular flexibility index (Phi) is 6.82. The largest absolute Gasteiger partial charge is 0.490 e. The predicted octanol–water partition coefficient (Wildman–Crippen LogP) is 4.47. The highest BCUT2D eigenvalue weighted by Crippen LogP contribution is 2.25. The summed E-state index contributed by atoms with van der Waals surface area (Å²) in [5.74, 6) is -1.90. The van der Waals surface area contributed by atoms with Crippen molar-refractivity contribution >= 4 is 11.8 Å². The molecule has 0 fully saturated rings. The molecule has 2 aromatic carbocycles. The van der Waals surface area contributed by atoms with Crippen LogP contribution in [0.15, 0.2) is 67.0 Å². The van der Waals surface area contributed by atoms with E-state index >= 15 is 0 Å². The molecule has 1 heterocycles. The van der Waals surface area contributed by atoms with Crippen LogP contribution in [0.25, 0.3) is 11.3 Å². The van der Waals surface area contributed by atoms with Crippen LogP contribution in [0.1, 0.15) is 17.2 Å². The minimum atomic E-state index is -5.09. The highest BCUT2D eigenvalue weighted by atomic mass is 19.4. The molecule has 1 N–H and O–H groups in total. The summed E-state index contributed by atoms with van der Waals surface area (Å²) in [5, 5.41) is 11.7. The quantitative estimate of drug-likeness (QED) is 0.561. The molecule has 31 heavy (non-hydrogen) atoms. The van der Waals surface area contributed by atoms with Crippen LogP contribution in [0.5, 0.6) is 0 Å². The van der Waals surface area contributed by atoms with Crippen LogP contribution in [0.2, 0.25) is 0 Å². The van der Waals surface area contributed by atoms with E-state index in [1.807, 2.05) is 24.3 Å². The second-order valence-corrected chi connectivity index (χ2v) is 6.50. The standard InChI is InChI=1S/C22H17F3N4O2/c23-22(24,25)21(30)31-19(17-4-2-1-3-5-17)13-27-20-12-18(28-14-29-20)16-8-6-15(7-9-16)10-11-26/h1-9,12,14,19H,10,13H2,(H,27,28,29)/t19-/m1/s1. The van der Waals surface area contributed by atoms with Gasteiger partial charge in [-0.3, -0.25) is 0 Å². The molecule has 0 amide bonds. The van der Waals surface area contributed by atoms with Crippen molar-refractivity contribution in [3.63, 3.8) is 0 Å². The van der Waals surface area contributed by atoms with Gasteiger partial charge in [-0.05, 0) is 11.1 Å². The van der Waals surface area contributed by atoms with Crippen molar-refractivity contribution in [2.45, 2.75) is 18.7 Å². The molecule has 158 valence electrons. The molecule has 1 atom stereocenters. The molecule has 1 aromatic heterocycles. The third-order valence-electron chi connectivity index (χ3n) is 4.32. The van der Waals surface area contributed by atoms with E-state index in [-0.39, 0.29) is 6.54 Å². The van der Waals surface area contributed by atoms with Crippen LogP contribution < -0.4 is 5.32 Å². The number of hydrogen-bond acceptors (Lipinski definition) is 6. The fourth-order valence-electron chi connectivity index (χ4n) is 2.79. The van der Waals surface area contributed by atoms with Crippen molar-refractivity contribution in [3.8, 4) is 17.3 Å². The number of ether oxygens (including phenoxy) is 1. The summed E-state index contributed by atoms with van der Waals surface area (Å²) in [4.78, 5) is 19.6. The normalized spacial score (nSPS) is 11.9. The van der Waals surface area contributed by atoms with Gasteiger partial charge in [-0.25, -0.2) is 14.8 Å². The Morgan fingerprint density at radius 2 is 1.81 bits per heavy atom. The molecule has 0 bridgehead atoms. The summed E-state index contributed by atoms with van der Waals surface area (Å²) in [6, 6.07) is 19.1. The summed E-state index contributed by atoms with van der Waals surface area (Å²) in [7, 11) is 0. The third-order valence-corrected chi connectivity index (χ3v) is 4.32. The molecule has 0 aliphatic heterocycles. The molecule has 0 saturated carbocycles. The first kappa shape index (κ1) is 21.8. The second-order valence-electron chi connectivity index (χ2n) is 6.50.